The molecule has 1 unspecified atom stereocenters. The van der Waals surface area contributed by atoms with Gasteiger partial charge in [0.2, 0.25) is 0 Å². The first kappa shape index (κ1) is 13.3. The monoisotopic (exact) mass is 240 g/mol. The van der Waals surface area contributed by atoms with Gasteiger partial charge in [-0.3, -0.25) is 4.90 Å². The number of piperazine rings is 1. The number of nitrogens with one attached hydrogen (secondary N) is 1. The van der Waals surface area contributed by atoms with E-state index < -0.39 is 0 Å². The summed E-state index contributed by atoms with van der Waals surface area (Å²) in [6, 6.07) is 0.710. The quantitative estimate of drug-likeness (QED) is 0.744. The Bertz CT molecular complexity index is 226. The van der Waals surface area contributed by atoms with Gasteiger partial charge in [-0.15, -0.1) is 0 Å². The molecular formula is C14H28N2O. The summed E-state index contributed by atoms with van der Waals surface area (Å²) in [5, 5.41) is 3.83. The van der Waals surface area contributed by atoms with Crippen molar-refractivity contribution in [3.05, 3.63) is 0 Å². The Kier molecular flexibility index (Phi) is 4.83. The van der Waals surface area contributed by atoms with Crippen molar-refractivity contribution in [2.45, 2.75) is 57.5 Å². The largest absolute Gasteiger partial charge is 0.380 e. The zero-order valence-corrected chi connectivity index (χ0v) is 11.5. The minimum absolute atomic E-state index is 0.442. The van der Waals surface area contributed by atoms with E-state index in [1.807, 2.05) is 0 Å². The Morgan fingerprint density at radius 2 is 2.06 bits per heavy atom. The Hall–Kier alpha value is -0.120. The van der Waals surface area contributed by atoms with Crippen LogP contribution < -0.4 is 5.32 Å². The minimum Gasteiger partial charge on any atom is -0.380 e. The normalized spacial score (nSPS) is 28.9. The molecule has 1 saturated heterocycles. The van der Waals surface area contributed by atoms with Crippen molar-refractivity contribution in [1.29, 1.82) is 0 Å². The van der Waals surface area contributed by atoms with Gasteiger partial charge < -0.3 is 10.1 Å². The molecule has 1 aliphatic carbocycles. The Balaban J connectivity index is 1.88. The number of rotatable bonds is 5. The van der Waals surface area contributed by atoms with Crippen molar-refractivity contribution in [1.82, 2.24) is 10.2 Å². The van der Waals surface area contributed by atoms with E-state index in [0.717, 1.165) is 19.8 Å². The van der Waals surface area contributed by atoms with Gasteiger partial charge in [0, 0.05) is 37.8 Å². The lowest BCUT2D eigenvalue weighted by atomic mass is 9.92. The summed E-state index contributed by atoms with van der Waals surface area (Å²) in [7, 11) is 0. The molecule has 0 bridgehead atoms. The van der Waals surface area contributed by atoms with Crippen molar-refractivity contribution in [3.63, 3.8) is 0 Å². The molecule has 0 amide bonds. The number of hydrogen-bond acceptors (Lipinski definition) is 3. The highest BCUT2D eigenvalue weighted by atomic mass is 16.5. The van der Waals surface area contributed by atoms with Crippen LogP contribution >= 0.6 is 0 Å². The summed E-state index contributed by atoms with van der Waals surface area (Å²) in [4.78, 5) is 2.66. The fourth-order valence-corrected chi connectivity index (χ4v) is 3.41. The van der Waals surface area contributed by atoms with Crippen molar-refractivity contribution in [3.8, 4) is 0 Å². The molecule has 100 valence electrons. The fraction of sp³-hybridized carbons (Fsp3) is 1.00. The average Bonchev–Trinajstić information content (AvgIpc) is 2.78. The number of ether oxygens (including phenoxy) is 1. The topological polar surface area (TPSA) is 24.5 Å². The maximum atomic E-state index is 5.52. The molecule has 1 spiro atoms. The number of hydrogen-bond donors (Lipinski definition) is 1. The zero-order valence-electron chi connectivity index (χ0n) is 11.5. The van der Waals surface area contributed by atoms with Crippen LogP contribution in [-0.2, 0) is 4.74 Å². The van der Waals surface area contributed by atoms with Crippen LogP contribution in [0.2, 0.25) is 0 Å². The Morgan fingerprint density at radius 1 is 1.29 bits per heavy atom. The first-order valence-electron chi connectivity index (χ1n) is 7.36. The molecule has 3 nitrogen and oxygen atoms in total. The summed E-state index contributed by atoms with van der Waals surface area (Å²) in [6.45, 7) is 9.62. The van der Waals surface area contributed by atoms with E-state index in [1.54, 1.807) is 0 Å². The Morgan fingerprint density at radius 3 is 2.71 bits per heavy atom. The Labute approximate surface area is 106 Å². The summed E-state index contributed by atoms with van der Waals surface area (Å²) < 4.78 is 5.52. The first-order valence-corrected chi connectivity index (χ1v) is 7.36. The second-order valence-electron chi connectivity index (χ2n) is 5.60. The maximum absolute atomic E-state index is 5.52. The lowest BCUT2D eigenvalue weighted by Gasteiger charge is -2.46. The maximum Gasteiger partial charge on any atom is 0.0593 e. The SMILES string of the molecule is CCOCCN1CC2(CCCC2)NCC1CC. The molecule has 17 heavy (non-hydrogen) atoms. The van der Waals surface area contributed by atoms with Crippen LogP contribution in [-0.4, -0.2) is 49.3 Å². The third-order valence-corrected chi connectivity index (χ3v) is 4.49. The third-order valence-electron chi connectivity index (χ3n) is 4.49. The standard InChI is InChI=1S/C14H28N2O/c1-3-13-11-15-14(7-5-6-8-14)12-16(13)9-10-17-4-2/h13,15H,3-12H2,1-2H3. The van der Waals surface area contributed by atoms with E-state index in [0.29, 0.717) is 11.6 Å². The molecule has 1 atom stereocenters. The van der Waals surface area contributed by atoms with Crippen molar-refractivity contribution in [2.75, 3.05) is 32.8 Å². The van der Waals surface area contributed by atoms with E-state index in [9.17, 15) is 0 Å². The second-order valence-corrected chi connectivity index (χ2v) is 5.60. The molecule has 0 aromatic heterocycles. The molecule has 1 N–H and O–H groups in total. The molecule has 3 heteroatoms. The van der Waals surface area contributed by atoms with Crippen molar-refractivity contribution < 1.29 is 4.74 Å². The van der Waals surface area contributed by atoms with Crippen LogP contribution in [0.15, 0.2) is 0 Å². The van der Waals surface area contributed by atoms with Gasteiger partial charge in [-0.2, -0.15) is 0 Å². The molecular weight excluding hydrogens is 212 g/mol. The van der Waals surface area contributed by atoms with E-state index in [4.69, 9.17) is 4.74 Å². The number of nitrogens with zero attached hydrogens (tertiary/aromatic N) is 1. The summed E-state index contributed by atoms with van der Waals surface area (Å²) >= 11 is 0. The molecule has 2 fully saturated rings. The molecule has 2 aliphatic rings. The highest BCUT2D eigenvalue weighted by molar-refractivity contribution is 5.00. The van der Waals surface area contributed by atoms with E-state index in [2.05, 4.69) is 24.1 Å². The van der Waals surface area contributed by atoms with Gasteiger partial charge in [0.15, 0.2) is 0 Å². The van der Waals surface area contributed by atoms with Crippen LogP contribution in [0.5, 0.6) is 0 Å². The van der Waals surface area contributed by atoms with Crippen LogP contribution in [0.25, 0.3) is 0 Å². The lowest BCUT2D eigenvalue weighted by Crippen LogP contribution is -2.63. The summed E-state index contributed by atoms with van der Waals surface area (Å²) in [6.07, 6.45) is 6.80. The lowest BCUT2D eigenvalue weighted by molar-refractivity contribution is 0.0433. The molecule has 0 aromatic rings. The highest BCUT2D eigenvalue weighted by Gasteiger charge is 2.40. The third kappa shape index (κ3) is 3.21. The smallest absolute Gasteiger partial charge is 0.0593 e. The molecule has 1 aliphatic heterocycles. The molecule has 2 rings (SSSR count). The van der Waals surface area contributed by atoms with Gasteiger partial charge >= 0.3 is 0 Å². The summed E-state index contributed by atoms with van der Waals surface area (Å²) in [5.74, 6) is 0. The van der Waals surface area contributed by atoms with Gasteiger partial charge in [-0.05, 0) is 26.2 Å². The van der Waals surface area contributed by atoms with Crippen LogP contribution in [0.3, 0.4) is 0 Å². The highest BCUT2D eigenvalue weighted by Crippen LogP contribution is 2.33. The fourth-order valence-electron chi connectivity index (χ4n) is 3.41. The van der Waals surface area contributed by atoms with Crippen molar-refractivity contribution in [2.24, 2.45) is 0 Å². The molecule has 0 radical (unpaired) electrons. The average molecular weight is 240 g/mol. The first-order chi connectivity index (χ1) is 8.29. The molecule has 1 saturated carbocycles. The minimum atomic E-state index is 0.442. The van der Waals surface area contributed by atoms with Gasteiger partial charge in [-0.1, -0.05) is 19.8 Å². The van der Waals surface area contributed by atoms with Gasteiger partial charge in [-0.25, -0.2) is 0 Å². The van der Waals surface area contributed by atoms with Gasteiger partial charge in [0.05, 0.1) is 6.61 Å². The summed E-state index contributed by atoms with van der Waals surface area (Å²) in [5.41, 5.74) is 0.442. The van der Waals surface area contributed by atoms with Gasteiger partial charge in [0.25, 0.3) is 0 Å². The van der Waals surface area contributed by atoms with E-state index in [-0.39, 0.29) is 0 Å². The van der Waals surface area contributed by atoms with E-state index in [1.165, 1.54) is 45.2 Å². The second kappa shape index (κ2) is 6.17. The predicted octanol–water partition coefficient (Wildman–Crippen LogP) is 2.02. The van der Waals surface area contributed by atoms with Crippen LogP contribution in [0.4, 0.5) is 0 Å². The zero-order chi connectivity index (χ0) is 12.1. The molecule has 0 aromatic carbocycles. The van der Waals surface area contributed by atoms with E-state index >= 15 is 0 Å². The predicted molar refractivity (Wildman–Crippen MR) is 71.3 cm³/mol. The molecule has 1 heterocycles. The van der Waals surface area contributed by atoms with Crippen molar-refractivity contribution >= 4 is 0 Å². The van der Waals surface area contributed by atoms with Gasteiger partial charge in [0.1, 0.15) is 0 Å². The van der Waals surface area contributed by atoms with Crippen LogP contribution in [0, 0.1) is 0 Å². The van der Waals surface area contributed by atoms with Crippen LogP contribution in [0.1, 0.15) is 46.0 Å².